The number of carbonyl (C=O) groups excluding carboxylic acids is 2. The summed E-state index contributed by atoms with van der Waals surface area (Å²) in [6.07, 6.45) is 0. The van der Waals surface area contributed by atoms with Crippen molar-refractivity contribution in [2.75, 3.05) is 35.5 Å². The smallest absolute Gasteiger partial charge is 0.459 e. The number of ether oxygens (including phenoxy) is 5. The summed E-state index contributed by atoms with van der Waals surface area (Å²) in [4.78, 5) is 27.0. The average Bonchev–Trinajstić information content (AvgIpc) is 2.90. The maximum Gasteiger partial charge on any atom is 0.459 e. The summed E-state index contributed by atoms with van der Waals surface area (Å²) >= 11 is 0. The molecule has 3 aromatic carbocycles. The molecule has 3 aromatic rings. The molecule has 0 radical (unpaired) electrons. The van der Waals surface area contributed by atoms with Crippen LogP contribution in [0.3, 0.4) is 0 Å². The van der Waals surface area contributed by atoms with Crippen LogP contribution in [0.5, 0.6) is 28.7 Å². The van der Waals surface area contributed by atoms with Crippen molar-refractivity contribution < 1.29 is 37.8 Å². The van der Waals surface area contributed by atoms with Gasteiger partial charge in [0.25, 0.3) is 0 Å². The number of ketones is 1. The van der Waals surface area contributed by atoms with Crippen molar-refractivity contribution in [2.45, 2.75) is 0 Å². The van der Waals surface area contributed by atoms with Crippen LogP contribution in [0.25, 0.3) is 0 Å². The third kappa shape index (κ3) is 4.45. The third-order valence-corrected chi connectivity index (χ3v) is 6.57. The van der Waals surface area contributed by atoms with Gasteiger partial charge in [-0.25, -0.2) is 4.79 Å². The number of hydrogen-bond acceptors (Lipinski definition) is 8. The predicted molar refractivity (Wildman–Crippen MR) is 127 cm³/mol. The van der Waals surface area contributed by atoms with E-state index in [1.807, 2.05) is 0 Å². The van der Waals surface area contributed by atoms with E-state index in [-0.39, 0.29) is 45.0 Å². The van der Waals surface area contributed by atoms with Crippen LogP contribution in [0, 0.1) is 0 Å². The Kier molecular flexibility index (Phi) is 7.87. The minimum absolute atomic E-state index is 0.0346. The highest BCUT2D eigenvalue weighted by molar-refractivity contribution is 7.71. The molecule has 0 aliphatic carbocycles. The molecule has 176 valence electrons. The van der Waals surface area contributed by atoms with Crippen LogP contribution in [-0.4, -0.2) is 46.9 Å². The first-order chi connectivity index (χ1) is 16.4. The van der Waals surface area contributed by atoms with Gasteiger partial charge in [-0.05, 0) is 36.4 Å². The second-order valence-electron chi connectivity index (χ2n) is 6.86. The van der Waals surface area contributed by atoms with E-state index in [1.165, 1.54) is 47.7 Å². The maximum absolute atomic E-state index is 13.7. The van der Waals surface area contributed by atoms with Gasteiger partial charge in [-0.15, -0.1) is 0 Å². The zero-order chi connectivity index (χ0) is 24.8. The van der Waals surface area contributed by atoms with Gasteiger partial charge in [-0.2, -0.15) is 0 Å². The van der Waals surface area contributed by atoms with E-state index in [9.17, 15) is 14.2 Å². The highest BCUT2D eigenvalue weighted by Gasteiger charge is 2.41. The number of rotatable bonds is 10. The molecule has 0 aromatic heterocycles. The average molecular weight is 483 g/mol. The van der Waals surface area contributed by atoms with E-state index in [0.29, 0.717) is 5.75 Å². The fraction of sp³-hybridized carbons (Fsp3) is 0.200. The quantitative estimate of drug-likeness (QED) is 0.312. The molecule has 0 fully saturated rings. The Bertz CT molecular complexity index is 1230. The Morgan fingerprint density at radius 3 is 1.71 bits per heavy atom. The van der Waals surface area contributed by atoms with E-state index in [2.05, 4.69) is 0 Å². The summed E-state index contributed by atoms with van der Waals surface area (Å²) in [6.45, 7) is 0. The molecule has 1 atom stereocenters. The molecule has 0 heterocycles. The summed E-state index contributed by atoms with van der Waals surface area (Å²) < 4.78 is 40.2. The van der Waals surface area contributed by atoms with Gasteiger partial charge in [0.1, 0.15) is 22.8 Å². The van der Waals surface area contributed by atoms with E-state index in [4.69, 9.17) is 23.7 Å². The molecule has 0 bridgehead atoms. The van der Waals surface area contributed by atoms with Crippen molar-refractivity contribution >= 4 is 24.4 Å². The lowest BCUT2D eigenvalue weighted by molar-refractivity contribution is 0.103. The van der Waals surface area contributed by atoms with Crippen molar-refractivity contribution in [2.24, 2.45) is 0 Å². The first-order valence-corrected chi connectivity index (χ1v) is 11.3. The Morgan fingerprint density at radius 1 is 0.618 bits per heavy atom. The molecule has 8 nitrogen and oxygen atoms in total. The van der Waals surface area contributed by atoms with E-state index in [0.717, 1.165) is 0 Å². The van der Waals surface area contributed by atoms with Gasteiger partial charge in [0.05, 0.1) is 41.1 Å². The molecule has 9 heteroatoms. The van der Waals surface area contributed by atoms with Gasteiger partial charge in [0, 0.05) is 0 Å². The fourth-order valence-corrected chi connectivity index (χ4v) is 4.80. The molecule has 0 saturated heterocycles. The number of benzene rings is 3. The summed E-state index contributed by atoms with van der Waals surface area (Å²) in [5.74, 6) is 0.620. The minimum atomic E-state index is -2.72. The SMILES string of the molecule is COc1ccc(OC)c(C(=O)c2ccccc2[P+](=O)C(=O)c2c(OC)cccc2OC)c1OC. The van der Waals surface area contributed by atoms with Crippen LogP contribution in [-0.2, 0) is 4.57 Å². The second kappa shape index (κ2) is 10.8. The van der Waals surface area contributed by atoms with Crippen molar-refractivity contribution in [3.05, 3.63) is 71.3 Å². The first kappa shape index (κ1) is 24.7. The summed E-state index contributed by atoms with van der Waals surface area (Å²) in [6, 6.07) is 14.2. The first-order valence-electron chi connectivity index (χ1n) is 10.1. The van der Waals surface area contributed by atoms with Crippen LogP contribution in [0.15, 0.2) is 54.6 Å². The van der Waals surface area contributed by atoms with Gasteiger partial charge < -0.3 is 23.7 Å². The molecule has 0 aliphatic rings. The van der Waals surface area contributed by atoms with Crippen molar-refractivity contribution in [1.29, 1.82) is 0 Å². The molecule has 0 spiro atoms. The molecular formula is C25H24O8P+. The molecule has 0 N–H and O–H groups in total. The monoisotopic (exact) mass is 483 g/mol. The van der Waals surface area contributed by atoms with Crippen molar-refractivity contribution in [1.82, 2.24) is 0 Å². The maximum atomic E-state index is 13.7. The van der Waals surface area contributed by atoms with Gasteiger partial charge in [-0.1, -0.05) is 22.8 Å². The molecule has 34 heavy (non-hydrogen) atoms. The Hall–Kier alpha value is -3.90. The van der Waals surface area contributed by atoms with Crippen LogP contribution >= 0.6 is 7.80 Å². The Morgan fingerprint density at radius 2 is 1.15 bits per heavy atom. The van der Waals surface area contributed by atoms with E-state index < -0.39 is 19.1 Å². The number of methoxy groups -OCH3 is 5. The summed E-state index contributed by atoms with van der Waals surface area (Å²) in [5, 5.41) is 0.0624. The van der Waals surface area contributed by atoms with Crippen molar-refractivity contribution in [3.63, 3.8) is 0 Å². The lowest BCUT2D eigenvalue weighted by atomic mass is 10.0. The van der Waals surface area contributed by atoms with Gasteiger partial charge >= 0.3 is 13.3 Å². The van der Waals surface area contributed by atoms with Gasteiger partial charge in [0.15, 0.2) is 17.1 Å². The number of carbonyl (C=O) groups is 2. The largest absolute Gasteiger partial charge is 0.496 e. The van der Waals surface area contributed by atoms with Gasteiger partial charge in [0.2, 0.25) is 11.1 Å². The molecule has 3 rings (SSSR count). The van der Waals surface area contributed by atoms with Gasteiger partial charge in [-0.3, -0.25) is 4.79 Å². The lowest BCUT2D eigenvalue weighted by Crippen LogP contribution is -2.17. The van der Waals surface area contributed by atoms with E-state index in [1.54, 1.807) is 42.5 Å². The Labute approximate surface area is 198 Å². The number of hydrogen-bond donors (Lipinski definition) is 0. The topological polar surface area (TPSA) is 97.4 Å². The van der Waals surface area contributed by atoms with Crippen LogP contribution in [0.1, 0.15) is 26.3 Å². The van der Waals surface area contributed by atoms with Crippen LogP contribution in [0.4, 0.5) is 0 Å². The predicted octanol–water partition coefficient (Wildman–Crippen LogP) is 4.25. The normalized spacial score (nSPS) is 10.8. The molecule has 0 aliphatic heterocycles. The fourth-order valence-electron chi connectivity index (χ4n) is 3.54. The second-order valence-corrected chi connectivity index (χ2v) is 8.34. The minimum Gasteiger partial charge on any atom is -0.496 e. The zero-order valence-corrected chi connectivity index (χ0v) is 20.3. The Balaban J connectivity index is 2.16. The molecular weight excluding hydrogens is 459 g/mol. The van der Waals surface area contributed by atoms with Crippen LogP contribution in [0.2, 0.25) is 0 Å². The standard InChI is InChI=1S/C25H24O8P/c1-29-16-10-8-11-17(30-2)21(16)25(27)34(28)20-12-7-6-9-15(20)23(26)22-18(31-3)13-14-19(32-4)24(22)33-5/h6-14H,1-5H3/q+1. The molecule has 1 unspecified atom stereocenters. The summed E-state index contributed by atoms with van der Waals surface area (Å²) in [5.41, 5.74) is -0.542. The zero-order valence-electron chi connectivity index (χ0n) is 19.4. The highest BCUT2D eigenvalue weighted by atomic mass is 31.1. The third-order valence-electron chi connectivity index (χ3n) is 5.15. The molecule has 0 amide bonds. The van der Waals surface area contributed by atoms with E-state index >= 15 is 0 Å². The van der Waals surface area contributed by atoms with Crippen molar-refractivity contribution in [3.8, 4) is 28.7 Å². The lowest BCUT2D eigenvalue weighted by Gasteiger charge is -2.15. The highest BCUT2D eigenvalue weighted by Crippen LogP contribution is 2.41. The molecule has 0 saturated carbocycles. The van der Waals surface area contributed by atoms with Crippen LogP contribution < -0.4 is 29.0 Å². The summed E-state index contributed by atoms with van der Waals surface area (Å²) in [7, 11) is 4.34.